The highest BCUT2D eigenvalue weighted by molar-refractivity contribution is 7.96. The Morgan fingerprint density at radius 3 is 1.51 bits per heavy atom. The van der Waals surface area contributed by atoms with Crippen molar-refractivity contribution in [3.05, 3.63) is 156 Å². The molecule has 0 aliphatic rings. The van der Waals surface area contributed by atoms with E-state index in [0.717, 1.165) is 12.0 Å². The highest BCUT2D eigenvalue weighted by Crippen LogP contribution is 2.66. The van der Waals surface area contributed by atoms with Gasteiger partial charge in [0.15, 0.2) is 5.60 Å². The molecule has 51 heavy (non-hydrogen) atoms. The lowest BCUT2D eigenvalue weighted by Crippen LogP contribution is -2.43. The van der Waals surface area contributed by atoms with Gasteiger partial charge in [0.25, 0.3) is 11.8 Å². The Labute approximate surface area is 310 Å². The number of halogens is 1. The molecule has 0 fully saturated rings. The second-order valence-electron chi connectivity index (χ2n) is 13.0. The number of amides is 2. The van der Waals surface area contributed by atoms with Crippen molar-refractivity contribution in [3.63, 3.8) is 0 Å². The molecular weight excluding hydrogens is 671 g/mol. The van der Waals surface area contributed by atoms with E-state index in [1.54, 1.807) is 50.2 Å². The third kappa shape index (κ3) is 10.5. The van der Waals surface area contributed by atoms with Crippen molar-refractivity contribution in [3.8, 4) is 5.75 Å². The third-order valence-corrected chi connectivity index (χ3v) is 14.5. The van der Waals surface area contributed by atoms with Crippen LogP contribution in [0.5, 0.6) is 5.75 Å². The van der Waals surface area contributed by atoms with Crippen LogP contribution >= 0.6 is 18.9 Å². The van der Waals surface area contributed by atoms with Crippen LogP contribution in [-0.4, -0.2) is 29.1 Å². The van der Waals surface area contributed by atoms with Gasteiger partial charge in [0, 0.05) is 17.1 Å². The summed E-state index contributed by atoms with van der Waals surface area (Å²) < 4.78 is 5.57. The molecule has 5 nitrogen and oxygen atoms in total. The molecule has 0 aliphatic heterocycles. The maximum Gasteiger partial charge on any atom is 0.261 e. The predicted octanol–water partition coefficient (Wildman–Crippen LogP) is 9.15. The normalized spacial score (nSPS) is 11.2. The van der Waals surface area contributed by atoms with E-state index in [1.807, 2.05) is 26.0 Å². The lowest BCUT2D eigenvalue weighted by molar-refractivity contribution is -0.130. The van der Waals surface area contributed by atoms with Crippen LogP contribution in [0.2, 0.25) is 5.02 Å². The van der Waals surface area contributed by atoms with Gasteiger partial charge in [-0.15, -0.1) is 0 Å². The molecule has 0 aromatic heterocycles. The van der Waals surface area contributed by atoms with E-state index in [0.29, 0.717) is 29.3 Å². The molecule has 5 rings (SSSR count). The van der Waals surface area contributed by atoms with Crippen LogP contribution in [0.4, 0.5) is 0 Å². The van der Waals surface area contributed by atoms with Crippen LogP contribution in [0, 0.1) is 0 Å². The van der Waals surface area contributed by atoms with Gasteiger partial charge in [-0.25, -0.2) is 0 Å². The number of benzene rings is 5. The summed E-state index contributed by atoms with van der Waals surface area (Å²) in [6, 6.07) is 47.5. The Balaban J connectivity index is 0.000000263. The number of nitrogens with two attached hydrogens (primary N) is 1. The summed E-state index contributed by atoms with van der Waals surface area (Å²) in [7, 11) is -1.76. The lowest BCUT2D eigenvalue weighted by Gasteiger charge is -2.40. The highest BCUT2D eigenvalue weighted by atomic mass is 35.5. The van der Waals surface area contributed by atoms with Crippen molar-refractivity contribution >= 4 is 46.6 Å². The summed E-state index contributed by atoms with van der Waals surface area (Å²) >= 11 is 5.80. The van der Waals surface area contributed by atoms with Gasteiger partial charge in [0.1, 0.15) is 28.9 Å². The first-order valence-corrected chi connectivity index (χ1v) is 19.7. The monoisotopic (exact) mass is 723 g/mol. The molecule has 5 aromatic carbocycles. The topological polar surface area (TPSA) is 81.4 Å². The molecule has 3 N–H and O–H groups in total. The fourth-order valence-corrected chi connectivity index (χ4v) is 11.2. The van der Waals surface area contributed by atoms with E-state index < -0.39 is 18.8 Å². The van der Waals surface area contributed by atoms with Crippen LogP contribution in [0.1, 0.15) is 70.8 Å². The van der Waals surface area contributed by atoms with Crippen molar-refractivity contribution in [2.45, 2.75) is 72.1 Å². The van der Waals surface area contributed by atoms with E-state index in [2.05, 4.69) is 117 Å². The summed E-state index contributed by atoms with van der Waals surface area (Å²) in [4.78, 5) is 23.3. The van der Waals surface area contributed by atoms with Gasteiger partial charge in [-0.1, -0.05) is 99.1 Å². The zero-order chi connectivity index (χ0) is 37.5. The number of nitrogens with one attached hydrogen (secondary N) is 1. The molecule has 268 valence electrons. The van der Waals surface area contributed by atoms with Crippen LogP contribution in [0.3, 0.4) is 0 Å². The molecule has 5 aromatic rings. The van der Waals surface area contributed by atoms with Crippen molar-refractivity contribution in [1.82, 2.24) is 5.32 Å². The average molecular weight is 724 g/mol. The molecule has 0 aliphatic carbocycles. The second-order valence-corrected chi connectivity index (χ2v) is 17.5. The van der Waals surface area contributed by atoms with E-state index in [1.165, 1.54) is 15.9 Å². The predicted molar refractivity (Wildman–Crippen MR) is 219 cm³/mol. The Morgan fingerprint density at radius 2 is 1.12 bits per heavy atom. The van der Waals surface area contributed by atoms with E-state index in [9.17, 15) is 9.59 Å². The number of ether oxygens (including phenoxy) is 1. The Hall–Kier alpha value is -4.44. The van der Waals surface area contributed by atoms with Gasteiger partial charge in [0.05, 0.1) is 5.16 Å². The van der Waals surface area contributed by atoms with E-state index >= 15 is 0 Å². The summed E-state index contributed by atoms with van der Waals surface area (Å²) in [5.41, 5.74) is 5.84. The molecule has 0 bridgehead atoms. The molecule has 0 saturated carbocycles. The van der Waals surface area contributed by atoms with Crippen LogP contribution in [0.15, 0.2) is 140 Å². The zero-order valence-electron chi connectivity index (χ0n) is 31.0. The van der Waals surface area contributed by atoms with Crippen LogP contribution in [0.25, 0.3) is 0 Å². The second kappa shape index (κ2) is 19.2. The fraction of sp³-hybridized carbons (Fsp3) is 0.273. The zero-order valence-corrected chi connectivity index (χ0v) is 32.7. The van der Waals surface area contributed by atoms with Gasteiger partial charge >= 0.3 is 0 Å². The van der Waals surface area contributed by atoms with E-state index in [-0.39, 0.29) is 11.1 Å². The first-order valence-electron chi connectivity index (χ1n) is 17.6. The molecule has 0 spiro atoms. The summed E-state index contributed by atoms with van der Waals surface area (Å²) in [5, 5.41) is 8.03. The largest absolute Gasteiger partial charge is 0.478 e. The molecule has 0 unspecified atom stereocenters. The Kier molecular flexibility index (Phi) is 15.5. The number of carbonyl (C=O) groups excluding carboxylic acids is 2. The third-order valence-electron chi connectivity index (χ3n) is 8.90. The van der Waals surface area contributed by atoms with Gasteiger partial charge in [-0.2, -0.15) is 0 Å². The summed E-state index contributed by atoms with van der Waals surface area (Å²) in [6.07, 6.45) is 1.82. The van der Waals surface area contributed by atoms with Crippen LogP contribution in [-0.2, 0) is 11.2 Å². The average Bonchev–Trinajstić information content (AvgIpc) is 3.15. The standard InChI is InChI=1S/C23H26P.C19H21ClN2O3.C2H6/c1-4-23(2,3)24(20-14-8-5-9-15-20,21-16-10-6-11-17-21)22-18-12-7-13-19-22;1-19(2,18(21)24)25-16-9-3-13(4-10-16)11-12-22-17(23)14-5-7-15(20)8-6-14;1-2/h5-19H,4H2,1-3H3;3-10H,11-12H2,1-2H3,(H2,21,24)(H,22,23);1-2H3/q+1;;. The highest BCUT2D eigenvalue weighted by Gasteiger charge is 2.56. The number of carbonyl (C=O) groups is 2. The van der Waals surface area contributed by atoms with Gasteiger partial charge in [-0.3, -0.25) is 9.59 Å². The van der Waals surface area contributed by atoms with E-state index in [4.69, 9.17) is 22.1 Å². The molecule has 0 radical (unpaired) electrons. The molecular formula is C44H53ClN2O3P+. The van der Waals surface area contributed by atoms with Crippen molar-refractivity contribution in [1.29, 1.82) is 0 Å². The SMILES string of the molecule is CC.CC(C)(Oc1ccc(CCNC(=O)c2ccc(Cl)cc2)cc1)C(N)=O.CCC(C)(C)[P+](c1ccccc1)(c1ccccc1)c1ccccc1. The maximum atomic E-state index is 12.0. The molecule has 2 amide bonds. The lowest BCUT2D eigenvalue weighted by atomic mass is 10.1. The smallest absolute Gasteiger partial charge is 0.261 e. The van der Waals surface area contributed by atoms with Gasteiger partial charge in [0.2, 0.25) is 0 Å². The number of primary amides is 1. The van der Waals surface area contributed by atoms with Crippen molar-refractivity contribution in [2.75, 3.05) is 6.54 Å². The molecule has 0 saturated heterocycles. The first kappa shape index (κ1) is 41.0. The van der Waals surface area contributed by atoms with Crippen molar-refractivity contribution < 1.29 is 14.3 Å². The Morgan fingerprint density at radius 1 is 0.686 bits per heavy atom. The summed E-state index contributed by atoms with van der Waals surface area (Å²) in [6.45, 7) is 14.9. The number of hydrogen-bond acceptors (Lipinski definition) is 3. The minimum absolute atomic E-state index is 0.139. The minimum Gasteiger partial charge on any atom is -0.478 e. The Bertz CT molecular complexity index is 1680. The van der Waals surface area contributed by atoms with Gasteiger partial charge in [-0.05, 0) is 119 Å². The van der Waals surface area contributed by atoms with Crippen LogP contribution < -0.4 is 31.7 Å². The van der Waals surface area contributed by atoms with Gasteiger partial charge < -0.3 is 15.8 Å². The molecule has 7 heteroatoms. The minimum atomic E-state index is -1.76. The molecule has 0 heterocycles. The maximum absolute atomic E-state index is 12.0. The first-order chi connectivity index (χ1) is 24.4. The van der Waals surface area contributed by atoms with Crippen molar-refractivity contribution in [2.24, 2.45) is 5.73 Å². The summed E-state index contributed by atoms with van der Waals surface area (Å²) in [5.74, 6) is -0.0981. The number of hydrogen-bond donors (Lipinski definition) is 2. The fourth-order valence-electron chi connectivity index (χ4n) is 5.78. The molecule has 0 atom stereocenters. The quantitative estimate of drug-likeness (QED) is 0.126. The number of rotatable bonds is 12.